The zero-order chi connectivity index (χ0) is 16.2. The summed E-state index contributed by atoms with van der Waals surface area (Å²) in [6, 6.07) is 2.65. The number of alkyl halides is 3. The molecule has 0 fully saturated rings. The SMILES string of the molecule is CCNC(c1ccc(F)c(C(F)(F)F)c1)C(OC)C(C)C. The van der Waals surface area contributed by atoms with Crippen LogP contribution in [0.3, 0.4) is 0 Å². The largest absolute Gasteiger partial charge is 0.419 e. The van der Waals surface area contributed by atoms with Crippen molar-refractivity contribution in [2.75, 3.05) is 13.7 Å². The summed E-state index contributed by atoms with van der Waals surface area (Å²) in [5, 5.41) is 3.11. The Morgan fingerprint density at radius 2 is 1.86 bits per heavy atom. The first-order valence-electron chi connectivity index (χ1n) is 6.85. The fraction of sp³-hybridized carbons (Fsp3) is 0.600. The van der Waals surface area contributed by atoms with E-state index in [4.69, 9.17) is 4.74 Å². The lowest BCUT2D eigenvalue weighted by atomic mass is 9.92. The summed E-state index contributed by atoms with van der Waals surface area (Å²) < 4.78 is 57.3. The first-order valence-corrected chi connectivity index (χ1v) is 6.85. The van der Waals surface area contributed by atoms with Gasteiger partial charge in [0.05, 0.1) is 17.7 Å². The van der Waals surface area contributed by atoms with Crippen molar-refractivity contribution in [3.8, 4) is 0 Å². The van der Waals surface area contributed by atoms with Crippen LogP contribution in [-0.4, -0.2) is 19.8 Å². The Morgan fingerprint density at radius 1 is 1.24 bits per heavy atom. The van der Waals surface area contributed by atoms with E-state index in [1.54, 1.807) is 0 Å². The molecule has 0 aromatic heterocycles. The molecule has 0 aliphatic rings. The van der Waals surface area contributed by atoms with Gasteiger partial charge in [-0.15, -0.1) is 0 Å². The summed E-state index contributed by atoms with van der Waals surface area (Å²) in [6.45, 7) is 6.27. The van der Waals surface area contributed by atoms with E-state index in [9.17, 15) is 17.6 Å². The smallest absolute Gasteiger partial charge is 0.379 e. The van der Waals surface area contributed by atoms with Gasteiger partial charge >= 0.3 is 6.18 Å². The van der Waals surface area contributed by atoms with Gasteiger partial charge in [-0.3, -0.25) is 0 Å². The average molecular weight is 307 g/mol. The molecule has 1 aromatic carbocycles. The number of halogens is 4. The maximum Gasteiger partial charge on any atom is 0.419 e. The molecule has 0 heterocycles. The maximum absolute atomic E-state index is 13.4. The minimum Gasteiger partial charge on any atom is -0.379 e. The fourth-order valence-corrected chi connectivity index (χ4v) is 2.39. The van der Waals surface area contributed by atoms with E-state index < -0.39 is 23.6 Å². The Hall–Kier alpha value is -1.14. The van der Waals surface area contributed by atoms with E-state index in [0.717, 1.165) is 12.1 Å². The van der Waals surface area contributed by atoms with Gasteiger partial charge in [0.2, 0.25) is 0 Å². The van der Waals surface area contributed by atoms with Crippen LogP contribution in [0, 0.1) is 11.7 Å². The van der Waals surface area contributed by atoms with E-state index in [-0.39, 0.29) is 12.0 Å². The zero-order valence-electron chi connectivity index (χ0n) is 12.6. The predicted octanol–water partition coefficient (Wildman–Crippen LogP) is 4.17. The molecule has 0 aliphatic heterocycles. The van der Waals surface area contributed by atoms with Gasteiger partial charge in [-0.1, -0.05) is 26.8 Å². The normalized spacial score (nSPS) is 15.3. The highest BCUT2D eigenvalue weighted by molar-refractivity contribution is 5.30. The number of hydrogen-bond donors (Lipinski definition) is 1. The summed E-state index contributed by atoms with van der Waals surface area (Å²) >= 11 is 0. The van der Waals surface area contributed by atoms with Crippen molar-refractivity contribution in [2.45, 2.75) is 39.1 Å². The van der Waals surface area contributed by atoms with Gasteiger partial charge in [-0.25, -0.2) is 4.39 Å². The molecule has 120 valence electrons. The van der Waals surface area contributed by atoms with Crippen LogP contribution in [0.5, 0.6) is 0 Å². The van der Waals surface area contributed by atoms with E-state index >= 15 is 0 Å². The number of methoxy groups -OCH3 is 1. The lowest BCUT2D eigenvalue weighted by molar-refractivity contribution is -0.140. The second kappa shape index (κ2) is 7.22. The van der Waals surface area contributed by atoms with Crippen LogP contribution in [0.15, 0.2) is 18.2 Å². The van der Waals surface area contributed by atoms with Gasteiger partial charge in [-0.2, -0.15) is 13.2 Å². The van der Waals surface area contributed by atoms with Crippen molar-refractivity contribution in [1.29, 1.82) is 0 Å². The molecule has 21 heavy (non-hydrogen) atoms. The third-order valence-electron chi connectivity index (χ3n) is 3.34. The van der Waals surface area contributed by atoms with E-state index in [0.29, 0.717) is 12.1 Å². The van der Waals surface area contributed by atoms with Gasteiger partial charge in [0.15, 0.2) is 0 Å². The topological polar surface area (TPSA) is 21.3 Å². The third-order valence-corrected chi connectivity index (χ3v) is 3.34. The van der Waals surface area contributed by atoms with Crippen molar-refractivity contribution in [1.82, 2.24) is 5.32 Å². The minimum absolute atomic E-state index is 0.0958. The number of ether oxygens (including phenoxy) is 1. The number of rotatable bonds is 6. The Bertz CT molecular complexity index is 459. The molecule has 0 radical (unpaired) electrons. The van der Waals surface area contributed by atoms with Crippen LogP contribution in [-0.2, 0) is 10.9 Å². The maximum atomic E-state index is 13.4. The van der Waals surface area contributed by atoms with Crippen LogP contribution in [0.1, 0.15) is 37.9 Å². The van der Waals surface area contributed by atoms with Crippen LogP contribution in [0.4, 0.5) is 17.6 Å². The molecule has 0 bridgehead atoms. The molecular weight excluding hydrogens is 286 g/mol. The Labute approximate surface area is 122 Å². The molecule has 1 aromatic rings. The summed E-state index contributed by atoms with van der Waals surface area (Å²) in [6.07, 6.45) is -5.02. The van der Waals surface area contributed by atoms with Crippen molar-refractivity contribution < 1.29 is 22.3 Å². The molecule has 0 spiro atoms. The van der Waals surface area contributed by atoms with Gasteiger partial charge in [-0.05, 0) is 30.2 Å². The minimum atomic E-state index is -4.71. The highest BCUT2D eigenvalue weighted by Gasteiger charge is 2.35. The van der Waals surface area contributed by atoms with E-state index in [1.807, 2.05) is 20.8 Å². The van der Waals surface area contributed by atoms with Crippen molar-refractivity contribution in [3.63, 3.8) is 0 Å². The quantitative estimate of drug-likeness (QED) is 0.797. The predicted molar refractivity (Wildman–Crippen MR) is 73.5 cm³/mol. The fourth-order valence-electron chi connectivity index (χ4n) is 2.39. The summed E-state index contributed by atoms with van der Waals surface area (Å²) in [5.41, 5.74) is -0.882. The second-order valence-corrected chi connectivity index (χ2v) is 5.22. The molecule has 6 heteroatoms. The van der Waals surface area contributed by atoms with Crippen molar-refractivity contribution >= 4 is 0 Å². The van der Waals surface area contributed by atoms with Crippen molar-refractivity contribution in [2.24, 2.45) is 5.92 Å². The standard InChI is InChI=1S/C15H21F4NO/c1-5-20-13(14(21-4)9(2)3)10-6-7-12(16)11(8-10)15(17,18)19/h6-9,13-14,20H,5H2,1-4H3. The first-order chi connectivity index (χ1) is 9.72. The Morgan fingerprint density at radius 3 is 2.29 bits per heavy atom. The average Bonchev–Trinajstić information content (AvgIpc) is 2.37. The molecule has 1 N–H and O–H groups in total. The van der Waals surface area contributed by atoms with E-state index in [1.165, 1.54) is 13.2 Å². The van der Waals surface area contributed by atoms with E-state index in [2.05, 4.69) is 5.32 Å². The third kappa shape index (κ3) is 4.41. The van der Waals surface area contributed by atoms with Crippen molar-refractivity contribution in [3.05, 3.63) is 35.1 Å². The van der Waals surface area contributed by atoms with Gasteiger partial charge in [0.25, 0.3) is 0 Å². The zero-order valence-corrected chi connectivity index (χ0v) is 12.6. The summed E-state index contributed by atoms with van der Waals surface area (Å²) in [5.74, 6) is -1.17. The monoisotopic (exact) mass is 307 g/mol. The molecule has 2 atom stereocenters. The van der Waals surface area contributed by atoms with Crippen LogP contribution < -0.4 is 5.32 Å². The molecule has 0 amide bonds. The number of nitrogens with one attached hydrogen (secondary N) is 1. The van der Waals surface area contributed by atoms with Crippen LogP contribution in [0.25, 0.3) is 0 Å². The summed E-state index contributed by atoms with van der Waals surface area (Å²) in [4.78, 5) is 0. The molecule has 2 unspecified atom stereocenters. The highest BCUT2D eigenvalue weighted by Crippen LogP contribution is 2.34. The van der Waals surface area contributed by atoms with Gasteiger partial charge < -0.3 is 10.1 Å². The lowest BCUT2D eigenvalue weighted by Crippen LogP contribution is -2.36. The number of benzene rings is 1. The molecule has 1 rings (SSSR count). The van der Waals surface area contributed by atoms with Gasteiger partial charge in [0.1, 0.15) is 5.82 Å². The molecule has 0 aliphatic carbocycles. The second-order valence-electron chi connectivity index (χ2n) is 5.22. The first kappa shape index (κ1) is 17.9. The Balaban J connectivity index is 3.26. The molecule has 2 nitrogen and oxygen atoms in total. The Kier molecular flexibility index (Phi) is 6.16. The molecular formula is C15H21F4NO. The van der Waals surface area contributed by atoms with Crippen LogP contribution in [0.2, 0.25) is 0 Å². The van der Waals surface area contributed by atoms with Crippen LogP contribution >= 0.6 is 0 Å². The van der Waals surface area contributed by atoms with Gasteiger partial charge in [0, 0.05) is 7.11 Å². The molecule has 0 saturated heterocycles. The number of likely N-dealkylation sites (N-methyl/N-ethyl adjacent to an activating group) is 1. The summed E-state index contributed by atoms with van der Waals surface area (Å²) in [7, 11) is 1.52. The lowest BCUT2D eigenvalue weighted by Gasteiger charge is -2.30. The highest BCUT2D eigenvalue weighted by atomic mass is 19.4. The number of hydrogen-bond acceptors (Lipinski definition) is 2. The molecule has 0 saturated carbocycles.